The van der Waals surface area contributed by atoms with Gasteiger partial charge in [-0.2, -0.15) is 0 Å². The molecule has 0 aromatic heterocycles. The Morgan fingerprint density at radius 2 is 1.74 bits per heavy atom. The molecular weight excluding hydrogens is 426 g/mol. The Labute approximate surface area is 202 Å². The summed E-state index contributed by atoms with van der Waals surface area (Å²) in [5.41, 5.74) is 3.97. The summed E-state index contributed by atoms with van der Waals surface area (Å²) in [6.07, 6.45) is 4.17. The SMILES string of the molecule is CN(C)C(=O)c1cccc(-c2ccc([C@H]3[C@H](CO)N4CCCCN(C(=O)C5CC5)C[C@@H]34)cc2)c1. The number of benzene rings is 2. The monoisotopic (exact) mass is 461 g/mol. The molecule has 1 N–H and O–H groups in total. The molecule has 2 saturated heterocycles. The summed E-state index contributed by atoms with van der Waals surface area (Å²) in [5.74, 6) is 0.784. The van der Waals surface area contributed by atoms with Crippen LogP contribution in [0.15, 0.2) is 48.5 Å². The molecule has 6 heteroatoms. The number of hydrogen-bond acceptors (Lipinski definition) is 4. The summed E-state index contributed by atoms with van der Waals surface area (Å²) < 4.78 is 0. The molecule has 0 unspecified atom stereocenters. The van der Waals surface area contributed by atoms with Gasteiger partial charge in [0.25, 0.3) is 5.91 Å². The molecule has 1 aliphatic carbocycles. The molecular formula is C28H35N3O3. The van der Waals surface area contributed by atoms with Crippen molar-refractivity contribution in [1.29, 1.82) is 0 Å². The number of aliphatic hydroxyl groups is 1. The molecule has 3 atom stereocenters. The van der Waals surface area contributed by atoms with Gasteiger partial charge in [0.1, 0.15) is 0 Å². The second kappa shape index (κ2) is 9.51. The molecule has 2 heterocycles. The first kappa shape index (κ1) is 23.1. The highest BCUT2D eigenvalue weighted by Gasteiger charge is 2.50. The molecule has 0 spiro atoms. The van der Waals surface area contributed by atoms with E-state index in [1.165, 1.54) is 5.56 Å². The van der Waals surface area contributed by atoms with Gasteiger partial charge in [-0.25, -0.2) is 0 Å². The Morgan fingerprint density at radius 1 is 1.00 bits per heavy atom. The molecule has 3 aliphatic rings. The van der Waals surface area contributed by atoms with Crippen molar-refractivity contribution in [2.45, 2.75) is 43.7 Å². The maximum absolute atomic E-state index is 12.8. The summed E-state index contributed by atoms with van der Waals surface area (Å²) in [6, 6.07) is 16.6. The van der Waals surface area contributed by atoms with Crippen LogP contribution in [0.3, 0.4) is 0 Å². The molecule has 6 nitrogen and oxygen atoms in total. The summed E-state index contributed by atoms with van der Waals surface area (Å²) in [4.78, 5) is 31.3. The Hall–Kier alpha value is -2.70. The van der Waals surface area contributed by atoms with Gasteiger partial charge in [-0.05, 0) is 61.1 Å². The third kappa shape index (κ3) is 4.37. The van der Waals surface area contributed by atoms with Crippen LogP contribution in [-0.2, 0) is 4.79 Å². The quantitative estimate of drug-likeness (QED) is 0.743. The van der Waals surface area contributed by atoms with Crippen LogP contribution in [0.5, 0.6) is 0 Å². The molecule has 2 aromatic carbocycles. The predicted octanol–water partition coefficient (Wildman–Crippen LogP) is 3.22. The van der Waals surface area contributed by atoms with Gasteiger partial charge in [-0.1, -0.05) is 36.4 Å². The minimum absolute atomic E-state index is 0.00611. The lowest BCUT2D eigenvalue weighted by atomic mass is 9.74. The van der Waals surface area contributed by atoms with E-state index in [0.29, 0.717) is 11.5 Å². The highest BCUT2D eigenvalue weighted by Crippen LogP contribution is 2.43. The Balaban J connectivity index is 1.37. The molecule has 2 aromatic rings. The van der Waals surface area contributed by atoms with E-state index in [4.69, 9.17) is 0 Å². The normalized spacial score (nSPS) is 25.0. The first-order valence-electron chi connectivity index (χ1n) is 12.6. The average molecular weight is 462 g/mol. The summed E-state index contributed by atoms with van der Waals surface area (Å²) >= 11 is 0. The van der Waals surface area contributed by atoms with Gasteiger partial charge >= 0.3 is 0 Å². The standard InChI is InChI=1S/C28H35N3O3/c1-29(2)27(33)23-7-5-6-22(16-23)19-8-10-20(11-9-19)26-24-17-30(28(34)21-12-13-21)14-3-4-15-31(24)25(26)18-32/h5-11,16,21,24-26,32H,3-4,12-15,17-18H2,1-2H3/t24-,25-,26+/m0/s1. The Bertz CT molecular complexity index is 1050. The number of amides is 2. The van der Waals surface area contributed by atoms with Crippen molar-refractivity contribution >= 4 is 11.8 Å². The van der Waals surface area contributed by atoms with Crippen molar-refractivity contribution in [1.82, 2.24) is 14.7 Å². The van der Waals surface area contributed by atoms with E-state index in [9.17, 15) is 14.7 Å². The molecule has 0 radical (unpaired) electrons. The summed E-state index contributed by atoms with van der Waals surface area (Å²) in [6.45, 7) is 2.74. The van der Waals surface area contributed by atoms with Crippen LogP contribution in [0.2, 0.25) is 0 Å². The summed E-state index contributed by atoms with van der Waals surface area (Å²) in [5, 5.41) is 10.2. The van der Waals surface area contributed by atoms with E-state index in [2.05, 4.69) is 34.1 Å². The van der Waals surface area contributed by atoms with Crippen LogP contribution in [0.4, 0.5) is 0 Å². The van der Waals surface area contributed by atoms with Gasteiger partial charge in [0.15, 0.2) is 0 Å². The fraction of sp³-hybridized carbons (Fsp3) is 0.500. The van der Waals surface area contributed by atoms with Crippen LogP contribution in [0.1, 0.15) is 47.5 Å². The van der Waals surface area contributed by atoms with Gasteiger partial charge in [-0.3, -0.25) is 14.5 Å². The van der Waals surface area contributed by atoms with Gasteiger partial charge in [0.05, 0.1) is 6.61 Å². The van der Waals surface area contributed by atoms with Crippen LogP contribution in [0, 0.1) is 5.92 Å². The van der Waals surface area contributed by atoms with Crippen LogP contribution in [-0.4, -0.2) is 84.0 Å². The lowest BCUT2D eigenvalue weighted by Gasteiger charge is -2.57. The zero-order valence-corrected chi connectivity index (χ0v) is 20.2. The smallest absolute Gasteiger partial charge is 0.253 e. The first-order valence-corrected chi connectivity index (χ1v) is 12.6. The molecule has 2 amide bonds. The number of carbonyl (C=O) groups is 2. The molecule has 34 heavy (non-hydrogen) atoms. The van der Waals surface area contributed by atoms with E-state index in [1.807, 2.05) is 24.3 Å². The van der Waals surface area contributed by atoms with Gasteiger partial charge in [0, 0.05) is 56.7 Å². The van der Waals surface area contributed by atoms with Crippen LogP contribution >= 0.6 is 0 Å². The molecule has 3 fully saturated rings. The average Bonchev–Trinajstić information content (AvgIpc) is 3.68. The third-order valence-electron chi connectivity index (χ3n) is 7.75. The number of hydrogen-bond donors (Lipinski definition) is 1. The maximum Gasteiger partial charge on any atom is 0.253 e. The largest absolute Gasteiger partial charge is 0.395 e. The van der Waals surface area contributed by atoms with Crippen molar-refractivity contribution in [2.24, 2.45) is 5.92 Å². The molecule has 180 valence electrons. The number of nitrogens with zero attached hydrogens (tertiary/aromatic N) is 3. The van der Waals surface area contributed by atoms with Crippen molar-refractivity contribution in [3.8, 4) is 11.1 Å². The number of aliphatic hydroxyl groups excluding tert-OH is 1. The Morgan fingerprint density at radius 3 is 2.41 bits per heavy atom. The van der Waals surface area contributed by atoms with E-state index in [0.717, 1.165) is 56.4 Å². The zero-order valence-electron chi connectivity index (χ0n) is 20.2. The van der Waals surface area contributed by atoms with Crippen molar-refractivity contribution in [2.75, 3.05) is 40.3 Å². The van der Waals surface area contributed by atoms with Crippen molar-refractivity contribution in [3.63, 3.8) is 0 Å². The lowest BCUT2D eigenvalue weighted by molar-refractivity contribution is -0.137. The van der Waals surface area contributed by atoms with Crippen molar-refractivity contribution in [3.05, 3.63) is 59.7 Å². The fourth-order valence-electron chi connectivity index (χ4n) is 5.72. The van der Waals surface area contributed by atoms with Gasteiger partial charge in [-0.15, -0.1) is 0 Å². The first-order chi connectivity index (χ1) is 16.5. The van der Waals surface area contributed by atoms with Gasteiger partial charge in [0.2, 0.25) is 5.91 Å². The second-order valence-corrected chi connectivity index (χ2v) is 10.2. The fourth-order valence-corrected chi connectivity index (χ4v) is 5.72. The van der Waals surface area contributed by atoms with Gasteiger partial charge < -0.3 is 14.9 Å². The second-order valence-electron chi connectivity index (χ2n) is 10.2. The third-order valence-corrected chi connectivity index (χ3v) is 7.75. The zero-order chi connectivity index (χ0) is 23.8. The van der Waals surface area contributed by atoms with Crippen LogP contribution in [0.25, 0.3) is 11.1 Å². The van der Waals surface area contributed by atoms with E-state index in [-0.39, 0.29) is 36.4 Å². The predicted molar refractivity (Wildman–Crippen MR) is 133 cm³/mol. The maximum atomic E-state index is 12.8. The van der Waals surface area contributed by atoms with E-state index < -0.39 is 0 Å². The number of rotatable bonds is 5. The molecule has 5 rings (SSSR count). The van der Waals surface area contributed by atoms with Crippen molar-refractivity contribution < 1.29 is 14.7 Å². The topological polar surface area (TPSA) is 64.1 Å². The highest BCUT2D eigenvalue weighted by atomic mass is 16.3. The summed E-state index contributed by atoms with van der Waals surface area (Å²) in [7, 11) is 3.52. The molecule has 2 aliphatic heterocycles. The number of carbonyl (C=O) groups excluding carboxylic acids is 2. The minimum atomic E-state index is -0.00611. The van der Waals surface area contributed by atoms with Crippen LogP contribution < -0.4 is 0 Å². The lowest BCUT2D eigenvalue weighted by Crippen LogP contribution is -2.68. The van der Waals surface area contributed by atoms with E-state index >= 15 is 0 Å². The Kier molecular flexibility index (Phi) is 6.45. The van der Waals surface area contributed by atoms with E-state index in [1.54, 1.807) is 19.0 Å². The minimum Gasteiger partial charge on any atom is -0.395 e. The number of fused-ring (bicyclic) bond motifs is 1. The molecule has 1 saturated carbocycles. The molecule has 0 bridgehead atoms. The highest BCUT2D eigenvalue weighted by molar-refractivity contribution is 5.95.